The van der Waals surface area contributed by atoms with Crippen molar-refractivity contribution in [3.63, 3.8) is 0 Å². The van der Waals surface area contributed by atoms with Gasteiger partial charge in [-0.25, -0.2) is 25.3 Å². The van der Waals surface area contributed by atoms with Crippen LogP contribution in [-0.2, 0) is 30.4 Å². The smallest absolute Gasteiger partial charge is 0.744 e. The first kappa shape index (κ1) is 46.9. The zero-order valence-corrected chi connectivity index (χ0v) is 36.2. The van der Waals surface area contributed by atoms with E-state index in [4.69, 9.17) is 11.6 Å². The van der Waals surface area contributed by atoms with E-state index in [1.807, 2.05) is 0 Å². The molecule has 26 heteroatoms. The van der Waals surface area contributed by atoms with Crippen LogP contribution in [0, 0.1) is 12.0 Å². The predicted molar refractivity (Wildman–Crippen MR) is 165 cm³/mol. The fraction of sp³-hybridized carbons (Fsp3) is 0. The third-order valence-corrected chi connectivity index (χ3v) is 9.40. The number of hydrogen-bond acceptors (Lipinski definition) is 16. The number of amides is 1. The zero-order valence-electron chi connectivity index (χ0n) is 27.0. The molecule has 0 aliphatic rings. The molecule has 1 amide bonds. The summed E-state index contributed by atoms with van der Waals surface area (Å²) in [6.07, 6.45) is -1.42. The number of azo groups is 1. The van der Waals surface area contributed by atoms with E-state index < -0.39 is 107 Å². The second-order valence-electron chi connectivity index (χ2n) is 9.77. The first-order valence-corrected chi connectivity index (χ1v) is 17.6. The van der Waals surface area contributed by atoms with Crippen LogP contribution in [0.4, 0.5) is 37.3 Å². The molecule has 0 saturated heterocycles. The summed E-state index contributed by atoms with van der Waals surface area (Å²) in [5, 5.41) is 21.2. The van der Waals surface area contributed by atoms with Crippen molar-refractivity contribution in [3.8, 4) is 5.75 Å². The van der Waals surface area contributed by atoms with Gasteiger partial charge in [-0.1, -0.05) is 23.7 Å². The zero-order chi connectivity index (χ0) is 36.8. The number of nitrogens with zero attached hydrogens (tertiary/aromatic N) is 4. The third kappa shape index (κ3) is 11.0. The minimum absolute atomic E-state index is 0. The molecule has 17 nitrogen and oxygen atoms in total. The second-order valence-corrected chi connectivity index (χ2v) is 14.2. The Balaban J connectivity index is 0.00000324. The number of anilines is 3. The predicted octanol–water partition coefficient (Wildman–Crippen LogP) is -4.60. The minimum Gasteiger partial charge on any atom is -0.744 e. The third-order valence-electron chi connectivity index (χ3n) is 6.52. The summed E-state index contributed by atoms with van der Waals surface area (Å²) < 4.78 is 134. The van der Waals surface area contributed by atoms with Crippen LogP contribution in [0.15, 0.2) is 91.6 Å². The molecule has 0 bridgehead atoms. The van der Waals surface area contributed by atoms with Crippen LogP contribution in [0.5, 0.6) is 5.75 Å². The molecule has 260 valence electrons. The van der Waals surface area contributed by atoms with E-state index in [2.05, 4.69) is 30.8 Å². The number of aromatic nitrogens is 2. The number of carbonyl (C=O) groups is 1. The summed E-state index contributed by atoms with van der Waals surface area (Å²) in [5.74, 6) is -4.01. The number of halogens is 3. The average Bonchev–Trinajstić information content (AvgIpc) is 3.01. The quantitative estimate of drug-likeness (QED) is 0.0415. The van der Waals surface area contributed by atoms with Crippen LogP contribution in [0.3, 0.4) is 0 Å². The first-order chi connectivity index (χ1) is 23.2. The van der Waals surface area contributed by atoms with E-state index in [1.54, 1.807) is 0 Å². The number of phenols is 1. The van der Waals surface area contributed by atoms with Crippen molar-refractivity contribution < 1.29 is 146 Å². The van der Waals surface area contributed by atoms with E-state index in [1.165, 1.54) is 36.4 Å². The van der Waals surface area contributed by atoms with E-state index in [-0.39, 0.29) is 99.9 Å². The van der Waals surface area contributed by atoms with Gasteiger partial charge in [-0.2, -0.15) is 18.7 Å². The molecule has 0 aliphatic heterocycles. The Morgan fingerprint density at radius 2 is 1.40 bits per heavy atom. The maximum atomic E-state index is 13.7. The van der Waals surface area contributed by atoms with Gasteiger partial charge in [0, 0.05) is 16.6 Å². The molecule has 3 N–H and O–H groups in total. The van der Waals surface area contributed by atoms with E-state index in [9.17, 15) is 57.6 Å². The number of phenolic OH excluding ortho intramolecular Hbond substituents is 1. The Hall–Kier alpha value is -2.23. The largest absolute Gasteiger partial charge is 1.00 e. The number of aromatic hydroxyl groups is 1. The molecule has 0 radical (unpaired) electrons. The fourth-order valence-electron chi connectivity index (χ4n) is 4.36. The van der Waals surface area contributed by atoms with Gasteiger partial charge in [-0.15, -0.1) is 10.2 Å². The van der Waals surface area contributed by atoms with Crippen LogP contribution in [0.25, 0.3) is 10.8 Å². The standard InChI is InChI=1S/C27H17ClF2N6O11S3.3Na/c28-21-24(29)33-27(30)34-25(21)31-14-7-5-12(6-8-14)26(38)32-17-11-15(48(39,40)41)9-13-10-19(50(45,46)47)22(23(37)20(13)17)36-35-16-3-1-2-4-18(16)49(42,43)44;;;/h1-11,37H,(H,32,38)(H,31,33,34)(H,39,40,41)(H,42,43,44)(H,45,46,47);;;/q;3*+1/p-3. The maximum Gasteiger partial charge on any atom is 1.00 e. The van der Waals surface area contributed by atoms with Crippen LogP contribution < -0.4 is 99.3 Å². The van der Waals surface area contributed by atoms with Crippen molar-refractivity contribution in [2.24, 2.45) is 10.2 Å². The van der Waals surface area contributed by atoms with Gasteiger partial charge in [0.15, 0.2) is 11.6 Å². The van der Waals surface area contributed by atoms with Crippen molar-refractivity contribution in [2.75, 3.05) is 10.6 Å². The monoisotopic (exact) mass is 836 g/mol. The van der Waals surface area contributed by atoms with E-state index in [0.29, 0.717) is 18.2 Å². The van der Waals surface area contributed by atoms with Crippen molar-refractivity contribution in [1.29, 1.82) is 0 Å². The molecule has 5 rings (SSSR count). The van der Waals surface area contributed by atoms with Gasteiger partial charge in [0.25, 0.3) is 5.91 Å². The summed E-state index contributed by atoms with van der Waals surface area (Å²) in [4.78, 5) is 16.2. The average molecular weight is 837 g/mol. The molecule has 1 aromatic heterocycles. The summed E-state index contributed by atoms with van der Waals surface area (Å²) in [5.41, 5.74) is -2.39. The SMILES string of the molecule is O=C(Nc1cc(S(=O)(=O)[O-])cc2cc(S(=O)(=O)[O-])c(N=Nc3ccccc3S(=O)(=O)[O-])c(O)c12)c1ccc(Nc2nc(F)nc(F)c2Cl)cc1.[Na+].[Na+].[Na+]. The molecular formula is C27H14ClF2N6Na3O11S3. The topological polar surface area (TPSA) is 283 Å². The maximum absolute atomic E-state index is 13.7. The van der Waals surface area contributed by atoms with Gasteiger partial charge < -0.3 is 29.4 Å². The van der Waals surface area contributed by atoms with Gasteiger partial charge in [-0.3, -0.25) is 4.79 Å². The van der Waals surface area contributed by atoms with Crippen molar-refractivity contribution in [1.82, 2.24) is 9.97 Å². The first-order valence-electron chi connectivity index (χ1n) is 13.0. The number of benzene rings is 4. The Bertz CT molecular complexity index is 2610. The number of hydrogen-bond donors (Lipinski definition) is 3. The van der Waals surface area contributed by atoms with Gasteiger partial charge in [0.05, 0.1) is 20.4 Å². The molecule has 1 heterocycles. The summed E-state index contributed by atoms with van der Waals surface area (Å²) in [7, 11) is -16.0. The molecule has 5 aromatic rings. The fourth-order valence-corrected chi connectivity index (χ4v) is 6.28. The number of rotatable bonds is 9. The van der Waals surface area contributed by atoms with Crippen LogP contribution in [0.2, 0.25) is 5.02 Å². The van der Waals surface area contributed by atoms with Crippen molar-refractivity contribution >= 4 is 87.2 Å². The normalized spacial score (nSPS) is 11.7. The van der Waals surface area contributed by atoms with Crippen LogP contribution in [-0.4, -0.2) is 59.9 Å². The molecule has 0 fully saturated rings. The molecule has 0 atom stereocenters. The molecular weight excluding hydrogens is 823 g/mol. The molecule has 53 heavy (non-hydrogen) atoms. The number of fused-ring (bicyclic) bond motifs is 1. The molecule has 0 unspecified atom stereocenters. The van der Waals surface area contributed by atoms with Gasteiger partial charge in [0.2, 0.25) is 5.95 Å². The van der Waals surface area contributed by atoms with Crippen molar-refractivity contribution in [2.45, 2.75) is 14.7 Å². The van der Waals surface area contributed by atoms with Crippen LogP contribution in [0.1, 0.15) is 10.4 Å². The van der Waals surface area contributed by atoms with Crippen LogP contribution >= 0.6 is 11.6 Å². The molecule has 0 saturated carbocycles. The Morgan fingerprint density at radius 1 is 0.792 bits per heavy atom. The van der Waals surface area contributed by atoms with Gasteiger partial charge in [-0.05, 0) is 60.0 Å². The van der Waals surface area contributed by atoms with Crippen molar-refractivity contribution in [3.05, 3.63) is 89.3 Å². The number of nitrogens with one attached hydrogen (secondary N) is 2. The minimum atomic E-state index is -5.57. The molecule has 4 aromatic carbocycles. The van der Waals surface area contributed by atoms with Gasteiger partial charge >= 0.3 is 94.8 Å². The van der Waals surface area contributed by atoms with E-state index >= 15 is 0 Å². The summed E-state index contributed by atoms with van der Waals surface area (Å²) in [6, 6.07) is 10.8. The number of carbonyl (C=O) groups excluding carboxylic acids is 1. The second kappa shape index (κ2) is 18.1. The Morgan fingerprint density at radius 3 is 1.98 bits per heavy atom. The Kier molecular flexibility index (Phi) is 16.1. The van der Waals surface area contributed by atoms with Gasteiger partial charge in [0.1, 0.15) is 46.8 Å². The van der Waals surface area contributed by atoms with E-state index in [0.717, 1.165) is 12.1 Å². The summed E-state index contributed by atoms with van der Waals surface area (Å²) in [6.45, 7) is 0. The molecule has 0 aliphatic carbocycles. The summed E-state index contributed by atoms with van der Waals surface area (Å²) >= 11 is 5.74. The molecule has 0 spiro atoms. The Labute approximate surface area is 369 Å².